The van der Waals surface area contributed by atoms with Crippen LogP contribution in [0.3, 0.4) is 0 Å². The van der Waals surface area contributed by atoms with Crippen molar-refractivity contribution in [1.29, 1.82) is 0 Å². The molecule has 7 nitrogen and oxygen atoms in total. The lowest BCUT2D eigenvalue weighted by Gasteiger charge is -2.29. The second-order valence-electron chi connectivity index (χ2n) is 7.30. The first-order valence-corrected chi connectivity index (χ1v) is 11.7. The van der Waals surface area contributed by atoms with Crippen LogP contribution in [0.2, 0.25) is 0 Å². The van der Waals surface area contributed by atoms with E-state index in [0.29, 0.717) is 16.3 Å². The predicted molar refractivity (Wildman–Crippen MR) is 132 cm³/mol. The SMILES string of the molecule is CN1CCN=C1c1ccc(NC(=O)C(c2cccs2)N(C(N)=O)c2ccc(Br)cc2)cc1. The van der Waals surface area contributed by atoms with Gasteiger partial charge in [-0.2, -0.15) is 0 Å². The lowest BCUT2D eigenvalue weighted by Crippen LogP contribution is -2.44. The van der Waals surface area contributed by atoms with Crippen LogP contribution in [0, 0.1) is 0 Å². The lowest BCUT2D eigenvalue weighted by molar-refractivity contribution is -0.117. The van der Waals surface area contributed by atoms with Crippen LogP contribution in [0.5, 0.6) is 0 Å². The molecule has 9 heteroatoms. The Morgan fingerprint density at radius 2 is 1.88 bits per heavy atom. The van der Waals surface area contributed by atoms with Gasteiger partial charge >= 0.3 is 6.03 Å². The van der Waals surface area contributed by atoms with Crippen molar-refractivity contribution in [3.05, 3.63) is 81.0 Å². The largest absolute Gasteiger partial charge is 0.358 e. The molecule has 0 fully saturated rings. The summed E-state index contributed by atoms with van der Waals surface area (Å²) in [7, 11) is 2.01. The third kappa shape index (κ3) is 4.68. The molecule has 164 valence electrons. The number of likely N-dealkylation sites (N-methyl/N-ethyl adjacent to an activating group) is 1. The van der Waals surface area contributed by atoms with Gasteiger partial charge in [-0.3, -0.25) is 14.7 Å². The first kappa shape index (κ1) is 22.0. The predicted octanol–water partition coefficient (Wildman–Crippen LogP) is 4.47. The number of benzene rings is 2. The van der Waals surface area contributed by atoms with Crippen molar-refractivity contribution < 1.29 is 9.59 Å². The molecule has 0 saturated heterocycles. The van der Waals surface area contributed by atoms with E-state index in [1.165, 1.54) is 16.2 Å². The molecule has 4 rings (SSSR count). The number of nitrogens with zero attached hydrogens (tertiary/aromatic N) is 3. The van der Waals surface area contributed by atoms with Gasteiger partial charge in [-0.25, -0.2) is 4.79 Å². The second-order valence-corrected chi connectivity index (χ2v) is 9.19. The maximum absolute atomic E-state index is 13.4. The molecular formula is C23H22BrN5O2S. The van der Waals surface area contributed by atoms with E-state index in [0.717, 1.165) is 29.0 Å². The lowest BCUT2D eigenvalue weighted by atomic mass is 10.1. The van der Waals surface area contributed by atoms with Crippen LogP contribution in [0.25, 0.3) is 0 Å². The van der Waals surface area contributed by atoms with E-state index in [-0.39, 0.29) is 5.91 Å². The molecule has 0 spiro atoms. The monoisotopic (exact) mass is 511 g/mol. The fraction of sp³-hybridized carbons (Fsp3) is 0.174. The number of thiophene rings is 1. The number of halogens is 1. The topological polar surface area (TPSA) is 91.0 Å². The highest BCUT2D eigenvalue weighted by Crippen LogP contribution is 2.32. The van der Waals surface area contributed by atoms with Gasteiger partial charge in [0, 0.05) is 39.9 Å². The molecule has 3 aromatic rings. The highest BCUT2D eigenvalue weighted by molar-refractivity contribution is 9.10. The van der Waals surface area contributed by atoms with Gasteiger partial charge in [0.25, 0.3) is 5.91 Å². The van der Waals surface area contributed by atoms with Gasteiger partial charge in [0.1, 0.15) is 5.84 Å². The zero-order valence-electron chi connectivity index (χ0n) is 17.4. The van der Waals surface area contributed by atoms with Crippen molar-refractivity contribution in [2.75, 3.05) is 30.4 Å². The van der Waals surface area contributed by atoms with Crippen LogP contribution < -0.4 is 16.0 Å². The standard InChI is InChI=1S/C23H22BrN5O2S/c1-28-13-12-26-21(28)15-4-8-17(9-5-15)27-22(30)20(19-3-2-14-32-19)29(23(25)31)18-10-6-16(24)7-11-18/h2-11,14,20H,12-13H2,1H3,(H2,25,31)(H,27,30). The Hall–Kier alpha value is -3.17. The van der Waals surface area contributed by atoms with Crippen LogP contribution in [-0.2, 0) is 4.79 Å². The highest BCUT2D eigenvalue weighted by atomic mass is 79.9. The maximum atomic E-state index is 13.4. The van der Waals surface area contributed by atoms with Crippen molar-refractivity contribution in [3.63, 3.8) is 0 Å². The number of nitrogens with one attached hydrogen (secondary N) is 1. The summed E-state index contributed by atoms with van der Waals surface area (Å²) in [5.41, 5.74) is 7.88. The number of nitrogens with two attached hydrogens (primary N) is 1. The number of carbonyl (C=O) groups excluding carboxylic acids is 2. The fourth-order valence-electron chi connectivity index (χ4n) is 3.58. The van der Waals surface area contributed by atoms with Gasteiger partial charge in [0.15, 0.2) is 6.04 Å². The van der Waals surface area contributed by atoms with Gasteiger partial charge in [-0.1, -0.05) is 22.0 Å². The van der Waals surface area contributed by atoms with Gasteiger partial charge in [-0.05, 0) is 60.0 Å². The summed E-state index contributed by atoms with van der Waals surface area (Å²) >= 11 is 4.78. The van der Waals surface area contributed by atoms with Crippen molar-refractivity contribution in [2.24, 2.45) is 10.7 Å². The molecule has 32 heavy (non-hydrogen) atoms. The summed E-state index contributed by atoms with van der Waals surface area (Å²) in [6, 6.07) is 16.7. The zero-order chi connectivity index (χ0) is 22.7. The molecule has 0 aliphatic carbocycles. The number of hydrogen-bond acceptors (Lipinski definition) is 5. The Kier molecular flexibility index (Phi) is 6.57. The molecule has 3 N–H and O–H groups in total. The van der Waals surface area contributed by atoms with Crippen LogP contribution in [-0.4, -0.2) is 42.8 Å². The average Bonchev–Trinajstić information content (AvgIpc) is 3.45. The number of amidine groups is 1. The molecule has 2 aromatic carbocycles. The molecular weight excluding hydrogens is 490 g/mol. The molecule has 1 atom stereocenters. The molecule has 0 bridgehead atoms. The minimum Gasteiger partial charge on any atom is -0.358 e. The quantitative estimate of drug-likeness (QED) is 0.511. The Morgan fingerprint density at radius 1 is 1.16 bits per heavy atom. The third-order valence-corrected chi connectivity index (χ3v) is 6.58. The number of primary amides is 1. The van der Waals surface area contributed by atoms with Gasteiger partial charge in [-0.15, -0.1) is 11.3 Å². The molecule has 1 aromatic heterocycles. The van der Waals surface area contributed by atoms with E-state index >= 15 is 0 Å². The van der Waals surface area contributed by atoms with Crippen molar-refractivity contribution in [3.8, 4) is 0 Å². The summed E-state index contributed by atoms with van der Waals surface area (Å²) in [4.78, 5) is 34.5. The van der Waals surface area contributed by atoms with E-state index in [4.69, 9.17) is 5.73 Å². The van der Waals surface area contributed by atoms with E-state index in [9.17, 15) is 9.59 Å². The Bertz CT molecular complexity index is 1130. The van der Waals surface area contributed by atoms with E-state index in [1.54, 1.807) is 24.3 Å². The summed E-state index contributed by atoms with van der Waals surface area (Å²) in [5.74, 6) is 0.590. The molecule has 2 heterocycles. The van der Waals surface area contributed by atoms with Crippen molar-refractivity contribution in [1.82, 2.24) is 4.90 Å². The average molecular weight is 512 g/mol. The van der Waals surface area contributed by atoms with E-state index < -0.39 is 12.1 Å². The third-order valence-electron chi connectivity index (χ3n) is 5.13. The maximum Gasteiger partial charge on any atom is 0.320 e. The second kappa shape index (κ2) is 9.54. The van der Waals surface area contributed by atoms with Gasteiger partial charge in [0.2, 0.25) is 0 Å². The molecule has 1 aliphatic heterocycles. The van der Waals surface area contributed by atoms with Crippen LogP contribution >= 0.6 is 27.3 Å². The van der Waals surface area contributed by atoms with Crippen molar-refractivity contribution in [2.45, 2.75) is 6.04 Å². The Morgan fingerprint density at radius 3 is 2.44 bits per heavy atom. The minimum absolute atomic E-state index is 0.350. The molecule has 0 radical (unpaired) electrons. The van der Waals surface area contributed by atoms with E-state index in [2.05, 4.69) is 31.1 Å². The van der Waals surface area contributed by atoms with Crippen LogP contribution in [0.1, 0.15) is 16.5 Å². The number of hydrogen-bond donors (Lipinski definition) is 2. The van der Waals surface area contributed by atoms with Crippen molar-refractivity contribution >= 4 is 56.4 Å². The van der Waals surface area contributed by atoms with Crippen LogP contribution in [0.15, 0.2) is 75.5 Å². The minimum atomic E-state index is -0.904. The summed E-state index contributed by atoms with van der Waals surface area (Å²) in [6.07, 6.45) is 0. The molecule has 0 saturated carbocycles. The zero-order valence-corrected chi connectivity index (χ0v) is 19.8. The Labute approximate surface area is 198 Å². The Balaban J connectivity index is 1.61. The first-order valence-electron chi connectivity index (χ1n) is 9.98. The van der Waals surface area contributed by atoms with E-state index in [1.807, 2.05) is 48.8 Å². The molecule has 1 aliphatic rings. The van der Waals surface area contributed by atoms with Gasteiger partial charge in [0.05, 0.1) is 6.54 Å². The highest BCUT2D eigenvalue weighted by Gasteiger charge is 2.32. The summed E-state index contributed by atoms with van der Waals surface area (Å²) in [5, 5.41) is 4.80. The number of aliphatic imine (C=N–C) groups is 1. The smallest absolute Gasteiger partial charge is 0.320 e. The summed E-state index contributed by atoms with van der Waals surface area (Å²) in [6.45, 7) is 1.68. The first-order chi connectivity index (χ1) is 15.4. The number of anilines is 2. The number of amides is 3. The fourth-order valence-corrected chi connectivity index (χ4v) is 4.66. The van der Waals surface area contributed by atoms with Gasteiger partial charge < -0.3 is 16.0 Å². The number of rotatable bonds is 6. The number of urea groups is 1. The molecule has 1 unspecified atom stereocenters. The summed E-state index contributed by atoms with van der Waals surface area (Å²) < 4.78 is 0.861. The van der Waals surface area contributed by atoms with Crippen LogP contribution in [0.4, 0.5) is 16.2 Å². The molecule has 3 amide bonds. The number of carbonyl (C=O) groups is 2. The normalized spacial score (nSPS) is 14.1.